The molecule has 0 aliphatic rings. The first-order chi connectivity index (χ1) is 13.8. The molecule has 0 radical (unpaired) electrons. The van der Waals surface area contributed by atoms with E-state index in [9.17, 15) is 4.79 Å². The van der Waals surface area contributed by atoms with Gasteiger partial charge in [0.2, 0.25) is 11.7 Å². The van der Waals surface area contributed by atoms with Crippen molar-refractivity contribution in [2.24, 2.45) is 0 Å². The quantitative estimate of drug-likeness (QED) is 0.444. The van der Waals surface area contributed by atoms with Crippen molar-refractivity contribution in [1.29, 1.82) is 0 Å². The average molecular weight is 411 g/mol. The normalized spacial score (nSPS) is 10.9. The molecular weight excluding hydrogens is 392 g/mol. The lowest BCUT2D eigenvalue weighted by molar-refractivity contribution is -0.118. The Labute approximate surface area is 170 Å². The molecule has 0 unspecified atom stereocenters. The van der Waals surface area contributed by atoms with Gasteiger partial charge in [-0.1, -0.05) is 48.2 Å². The number of hydrogen-bond donors (Lipinski definition) is 1. The average Bonchev–Trinajstić information content (AvgIpc) is 3.47. The molecule has 0 aliphatic carbocycles. The Morgan fingerprint density at radius 2 is 2.00 bits per heavy atom. The van der Waals surface area contributed by atoms with Crippen LogP contribution in [-0.4, -0.2) is 26.4 Å². The summed E-state index contributed by atoms with van der Waals surface area (Å²) in [6.45, 7) is 1.15. The number of thiophene rings is 1. The molecule has 0 bridgehead atoms. The fourth-order valence-electron chi connectivity index (χ4n) is 2.67. The predicted molar refractivity (Wildman–Crippen MR) is 110 cm³/mol. The Hall–Kier alpha value is -2.84. The van der Waals surface area contributed by atoms with Crippen LogP contribution < -0.4 is 5.32 Å². The van der Waals surface area contributed by atoms with Gasteiger partial charge in [-0.2, -0.15) is 0 Å². The predicted octanol–water partition coefficient (Wildman–Crippen LogP) is 4.06. The second-order valence-electron chi connectivity index (χ2n) is 6.00. The Morgan fingerprint density at radius 3 is 2.75 bits per heavy atom. The van der Waals surface area contributed by atoms with Gasteiger partial charge in [-0.25, -0.2) is 0 Å². The van der Waals surface area contributed by atoms with E-state index in [1.807, 2.05) is 64.5 Å². The Morgan fingerprint density at radius 1 is 1.11 bits per heavy atom. The van der Waals surface area contributed by atoms with Gasteiger partial charge < -0.3 is 9.73 Å². The smallest absolute Gasteiger partial charge is 0.230 e. The first-order valence-corrected chi connectivity index (χ1v) is 10.6. The lowest BCUT2D eigenvalue weighted by Crippen LogP contribution is -2.24. The first kappa shape index (κ1) is 18.5. The van der Waals surface area contributed by atoms with Gasteiger partial charge in [0, 0.05) is 4.88 Å². The van der Waals surface area contributed by atoms with Gasteiger partial charge in [-0.3, -0.25) is 9.36 Å². The number of amides is 1. The van der Waals surface area contributed by atoms with Gasteiger partial charge >= 0.3 is 0 Å². The standard InChI is InChI=1S/C20H18N4O2S2/c25-18(21-12-16-8-5-11-27-16)14-28-20-23-22-19(17-9-4-10-26-17)24(20)13-15-6-2-1-3-7-15/h1-11H,12-14H2,(H,21,25). The summed E-state index contributed by atoms with van der Waals surface area (Å²) in [5.41, 5.74) is 1.12. The molecule has 0 atom stereocenters. The molecule has 1 amide bonds. The number of nitrogens with zero attached hydrogens (tertiary/aromatic N) is 3. The molecule has 4 rings (SSSR count). The maximum absolute atomic E-state index is 12.2. The molecule has 1 aromatic carbocycles. The second kappa shape index (κ2) is 8.90. The van der Waals surface area contributed by atoms with Crippen LogP contribution in [0.2, 0.25) is 0 Å². The summed E-state index contributed by atoms with van der Waals surface area (Å²) in [5.74, 6) is 1.54. The van der Waals surface area contributed by atoms with E-state index < -0.39 is 0 Å². The summed E-state index contributed by atoms with van der Waals surface area (Å²) < 4.78 is 7.48. The monoisotopic (exact) mass is 410 g/mol. The fraction of sp³-hybridized carbons (Fsp3) is 0.150. The third-order valence-corrected chi connectivity index (χ3v) is 5.86. The van der Waals surface area contributed by atoms with Gasteiger partial charge in [0.05, 0.1) is 25.1 Å². The van der Waals surface area contributed by atoms with Gasteiger partial charge in [0.15, 0.2) is 10.9 Å². The number of furan rings is 1. The molecule has 4 aromatic rings. The Balaban J connectivity index is 1.47. The first-order valence-electron chi connectivity index (χ1n) is 8.72. The van der Waals surface area contributed by atoms with E-state index in [1.165, 1.54) is 11.8 Å². The van der Waals surface area contributed by atoms with E-state index >= 15 is 0 Å². The van der Waals surface area contributed by atoms with Crippen molar-refractivity contribution in [2.75, 3.05) is 5.75 Å². The van der Waals surface area contributed by atoms with E-state index in [2.05, 4.69) is 15.5 Å². The summed E-state index contributed by atoms with van der Waals surface area (Å²) in [6, 6.07) is 17.7. The van der Waals surface area contributed by atoms with Gasteiger partial charge in [0.25, 0.3) is 0 Å². The Bertz CT molecular complexity index is 1010. The summed E-state index contributed by atoms with van der Waals surface area (Å²) in [4.78, 5) is 13.3. The number of carbonyl (C=O) groups is 1. The zero-order chi connectivity index (χ0) is 19.2. The van der Waals surface area contributed by atoms with E-state index in [1.54, 1.807) is 17.6 Å². The minimum atomic E-state index is -0.0350. The molecule has 142 valence electrons. The molecule has 8 heteroatoms. The third kappa shape index (κ3) is 4.52. The van der Waals surface area contributed by atoms with Gasteiger partial charge in [-0.15, -0.1) is 21.5 Å². The van der Waals surface area contributed by atoms with Crippen molar-refractivity contribution in [1.82, 2.24) is 20.1 Å². The van der Waals surface area contributed by atoms with Crippen LogP contribution in [0.1, 0.15) is 10.4 Å². The van der Waals surface area contributed by atoms with E-state index in [0.717, 1.165) is 10.4 Å². The number of rotatable bonds is 8. The summed E-state index contributed by atoms with van der Waals surface area (Å²) in [6.07, 6.45) is 1.61. The van der Waals surface area contributed by atoms with Crippen LogP contribution in [0.3, 0.4) is 0 Å². The maximum Gasteiger partial charge on any atom is 0.230 e. The number of carbonyl (C=O) groups excluding carboxylic acids is 1. The van der Waals surface area contributed by atoms with Crippen molar-refractivity contribution in [3.05, 3.63) is 76.7 Å². The molecule has 6 nitrogen and oxygen atoms in total. The van der Waals surface area contributed by atoms with Crippen molar-refractivity contribution >= 4 is 29.0 Å². The molecule has 3 heterocycles. The van der Waals surface area contributed by atoms with Crippen molar-refractivity contribution < 1.29 is 9.21 Å². The van der Waals surface area contributed by atoms with Crippen LogP contribution in [0.5, 0.6) is 0 Å². The maximum atomic E-state index is 12.2. The topological polar surface area (TPSA) is 73.0 Å². The highest BCUT2D eigenvalue weighted by molar-refractivity contribution is 7.99. The zero-order valence-electron chi connectivity index (χ0n) is 14.9. The van der Waals surface area contributed by atoms with Crippen LogP contribution in [-0.2, 0) is 17.9 Å². The molecule has 3 aromatic heterocycles. The second-order valence-corrected chi connectivity index (χ2v) is 7.97. The summed E-state index contributed by atoms with van der Waals surface area (Å²) >= 11 is 3.00. The van der Waals surface area contributed by atoms with Crippen molar-refractivity contribution in [3.63, 3.8) is 0 Å². The summed E-state index contributed by atoms with van der Waals surface area (Å²) in [7, 11) is 0. The van der Waals surface area contributed by atoms with Crippen LogP contribution in [0.25, 0.3) is 11.6 Å². The highest BCUT2D eigenvalue weighted by Gasteiger charge is 2.17. The summed E-state index contributed by atoms with van der Waals surface area (Å²) in [5, 5.41) is 14.2. The molecule has 28 heavy (non-hydrogen) atoms. The number of benzene rings is 1. The molecule has 0 saturated heterocycles. The molecule has 0 aliphatic heterocycles. The largest absolute Gasteiger partial charge is 0.461 e. The number of hydrogen-bond acceptors (Lipinski definition) is 6. The van der Waals surface area contributed by atoms with Gasteiger partial charge in [0.1, 0.15) is 0 Å². The lowest BCUT2D eigenvalue weighted by atomic mass is 10.2. The zero-order valence-corrected chi connectivity index (χ0v) is 16.6. The Kier molecular flexibility index (Phi) is 5.89. The highest BCUT2D eigenvalue weighted by atomic mass is 32.2. The number of aromatic nitrogens is 3. The number of nitrogens with one attached hydrogen (secondary N) is 1. The molecule has 0 saturated carbocycles. The third-order valence-electron chi connectivity index (χ3n) is 4.01. The van der Waals surface area contributed by atoms with Gasteiger partial charge in [-0.05, 0) is 29.1 Å². The van der Waals surface area contributed by atoms with Crippen LogP contribution in [0.4, 0.5) is 0 Å². The number of thioether (sulfide) groups is 1. The fourth-order valence-corrected chi connectivity index (χ4v) is 4.08. The minimum absolute atomic E-state index is 0.0350. The molecule has 0 spiro atoms. The molecule has 0 fully saturated rings. The highest BCUT2D eigenvalue weighted by Crippen LogP contribution is 2.25. The molecular formula is C20H18N4O2S2. The molecule has 1 N–H and O–H groups in total. The SMILES string of the molecule is O=C(CSc1nnc(-c2ccco2)n1Cc1ccccc1)NCc1cccs1. The minimum Gasteiger partial charge on any atom is -0.461 e. The van der Waals surface area contributed by atoms with E-state index in [4.69, 9.17) is 4.42 Å². The lowest BCUT2D eigenvalue weighted by Gasteiger charge is -2.09. The van der Waals surface area contributed by atoms with E-state index in [0.29, 0.717) is 29.8 Å². The van der Waals surface area contributed by atoms with Crippen LogP contribution in [0, 0.1) is 0 Å². The van der Waals surface area contributed by atoms with Crippen molar-refractivity contribution in [2.45, 2.75) is 18.2 Å². The van der Waals surface area contributed by atoms with E-state index in [-0.39, 0.29) is 11.7 Å². The van der Waals surface area contributed by atoms with Crippen LogP contribution in [0.15, 0.2) is 75.8 Å². The van der Waals surface area contributed by atoms with Crippen LogP contribution >= 0.6 is 23.1 Å². The van der Waals surface area contributed by atoms with Crippen molar-refractivity contribution in [3.8, 4) is 11.6 Å².